The summed E-state index contributed by atoms with van der Waals surface area (Å²) in [4.78, 5) is 12.2. The maximum Gasteiger partial charge on any atom is 0.416 e. The second-order valence-electron chi connectivity index (χ2n) is 8.40. The van der Waals surface area contributed by atoms with E-state index in [-0.39, 0.29) is 31.2 Å². The van der Waals surface area contributed by atoms with Gasteiger partial charge >= 0.3 is 12.3 Å². The van der Waals surface area contributed by atoms with E-state index in [1.807, 2.05) is 48.5 Å². The number of alkyl carbamates (subject to hydrolysis) is 1. The molecule has 0 saturated heterocycles. The number of fused-ring (bicyclic) bond motifs is 3. The number of benzene rings is 3. The minimum absolute atomic E-state index is 0.103. The molecule has 1 aliphatic rings. The first-order chi connectivity index (χ1) is 16.7. The summed E-state index contributed by atoms with van der Waals surface area (Å²) >= 11 is 0. The van der Waals surface area contributed by atoms with E-state index in [0.717, 1.165) is 28.3 Å². The van der Waals surface area contributed by atoms with Gasteiger partial charge in [-0.3, -0.25) is 0 Å². The fourth-order valence-corrected chi connectivity index (χ4v) is 4.41. The van der Waals surface area contributed by atoms with Gasteiger partial charge in [0.1, 0.15) is 12.7 Å². The maximum absolute atomic E-state index is 13.3. The molecule has 1 aliphatic carbocycles. The lowest BCUT2D eigenvalue weighted by atomic mass is 9.96. The standard InChI is InChI=1S/C26H25F3N2O4/c27-26(28,29)22-13-15(30)9-10-20(22)24(33)23(32)11-12-31-25(34)35-14-21-18-7-3-1-5-16(18)17-6-2-4-8-19(17)21/h1-10,13,21,23-24,32-33H,11-12,14,30H2,(H,31,34). The quantitative estimate of drug-likeness (QED) is 0.365. The summed E-state index contributed by atoms with van der Waals surface area (Å²) in [6.07, 6.45) is -9.01. The number of amides is 1. The van der Waals surface area contributed by atoms with Gasteiger partial charge < -0.3 is 26.0 Å². The zero-order valence-corrected chi connectivity index (χ0v) is 18.6. The average Bonchev–Trinajstić information content (AvgIpc) is 3.15. The molecule has 3 aromatic carbocycles. The molecule has 184 valence electrons. The van der Waals surface area contributed by atoms with Crippen molar-refractivity contribution < 1.29 is 32.9 Å². The first-order valence-electron chi connectivity index (χ1n) is 11.1. The number of nitrogens with one attached hydrogen (secondary N) is 1. The lowest BCUT2D eigenvalue weighted by Crippen LogP contribution is -2.31. The van der Waals surface area contributed by atoms with Crippen LogP contribution in [0.4, 0.5) is 23.7 Å². The van der Waals surface area contributed by atoms with Crippen molar-refractivity contribution in [2.75, 3.05) is 18.9 Å². The van der Waals surface area contributed by atoms with Gasteiger partial charge in [0.25, 0.3) is 0 Å². The SMILES string of the molecule is Nc1ccc(C(O)C(O)CCNC(=O)OCC2c3ccccc3-c3ccccc32)c(C(F)(F)F)c1. The fourth-order valence-electron chi connectivity index (χ4n) is 4.41. The molecule has 6 nitrogen and oxygen atoms in total. The highest BCUT2D eigenvalue weighted by Crippen LogP contribution is 2.44. The number of alkyl halides is 3. The van der Waals surface area contributed by atoms with Crippen molar-refractivity contribution in [3.05, 3.63) is 89.0 Å². The molecule has 0 heterocycles. The van der Waals surface area contributed by atoms with Gasteiger partial charge in [-0.2, -0.15) is 13.2 Å². The van der Waals surface area contributed by atoms with Crippen molar-refractivity contribution >= 4 is 11.8 Å². The number of aliphatic hydroxyl groups is 2. The number of carbonyl (C=O) groups is 1. The molecule has 9 heteroatoms. The predicted octanol–water partition coefficient (Wildman–Crippen LogP) is 4.61. The molecule has 35 heavy (non-hydrogen) atoms. The number of aliphatic hydroxyl groups excluding tert-OH is 2. The van der Waals surface area contributed by atoms with Crippen LogP contribution in [0, 0.1) is 0 Å². The summed E-state index contributed by atoms with van der Waals surface area (Å²) in [5.74, 6) is -0.119. The second-order valence-corrected chi connectivity index (χ2v) is 8.40. The highest BCUT2D eigenvalue weighted by atomic mass is 19.4. The molecule has 0 spiro atoms. The van der Waals surface area contributed by atoms with E-state index in [1.165, 1.54) is 6.07 Å². The molecule has 0 aliphatic heterocycles. The minimum atomic E-state index is -4.75. The molecule has 0 fully saturated rings. The van der Waals surface area contributed by atoms with Gasteiger partial charge in [0, 0.05) is 18.2 Å². The summed E-state index contributed by atoms with van der Waals surface area (Å²) in [7, 11) is 0. The first kappa shape index (κ1) is 24.6. The zero-order valence-electron chi connectivity index (χ0n) is 18.6. The van der Waals surface area contributed by atoms with Crippen LogP contribution in [0.5, 0.6) is 0 Å². The maximum atomic E-state index is 13.3. The third kappa shape index (κ3) is 5.26. The van der Waals surface area contributed by atoms with E-state index in [1.54, 1.807) is 0 Å². The van der Waals surface area contributed by atoms with Gasteiger partial charge in [-0.05, 0) is 46.4 Å². The number of carbonyl (C=O) groups excluding carboxylic acids is 1. The van der Waals surface area contributed by atoms with Crippen LogP contribution in [0.15, 0.2) is 66.7 Å². The molecule has 2 atom stereocenters. The van der Waals surface area contributed by atoms with E-state index in [4.69, 9.17) is 10.5 Å². The van der Waals surface area contributed by atoms with Crippen molar-refractivity contribution in [1.29, 1.82) is 0 Å². The average molecular weight is 486 g/mol. The molecule has 0 saturated carbocycles. The normalized spacial score (nSPS) is 14.7. The Labute approximate surface area is 200 Å². The van der Waals surface area contributed by atoms with Crippen molar-refractivity contribution in [2.45, 2.75) is 30.7 Å². The zero-order chi connectivity index (χ0) is 25.2. The number of nitrogens with two attached hydrogens (primary N) is 1. The van der Waals surface area contributed by atoms with Gasteiger partial charge in [-0.25, -0.2) is 4.79 Å². The van der Waals surface area contributed by atoms with E-state index < -0.39 is 35.6 Å². The van der Waals surface area contributed by atoms with E-state index >= 15 is 0 Å². The fraction of sp³-hybridized carbons (Fsp3) is 0.269. The third-order valence-corrected chi connectivity index (χ3v) is 6.12. The Morgan fingerprint density at radius 3 is 2.20 bits per heavy atom. The van der Waals surface area contributed by atoms with Crippen LogP contribution in [0.3, 0.4) is 0 Å². The molecule has 4 rings (SSSR count). The summed E-state index contributed by atoms with van der Waals surface area (Å²) < 4.78 is 45.2. The molecule has 0 bridgehead atoms. The summed E-state index contributed by atoms with van der Waals surface area (Å²) in [6, 6.07) is 18.7. The molecular weight excluding hydrogens is 461 g/mol. The number of hydrogen-bond acceptors (Lipinski definition) is 5. The number of hydrogen-bond donors (Lipinski definition) is 4. The number of ether oxygens (including phenoxy) is 1. The smallest absolute Gasteiger partial charge is 0.416 e. The highest BCUT2D eigenvalue weighted by Gasteiger charge is 2.36. The molecule has 0 aromatic heterocycles. The number of anilines is 1. The van der Waals surface area contributed by atoms with Crippen molar-refractivity contribution in [2.24, 2.45) is 0 Å². The Morgan fingerprint density at radius 2 is 1.60 bits per heavy atom. The van der Waals surface area contributed by atoms with Crippen LogP contribution in [-0.2, 0) is 10.9 Å². The van der Waals surface area contributed by atoms with Crippen LogP contribution in [0.2, 0.25) is 0 Å². The van der Waals surface area contributed by atoms with Crippen molar-refractivity contribution in [3.8, 4) is 11.1 Å². The van der Waals surface area contributed by atoms with Crippen LogP contribution < -0.4 is 11.1 Å². The Hall–Kier alpha value is -3.56. The van der Waals surface area contributed by atoms with Crippen LogP contribution in [0.1, 0.15) is 40.7 Å². The molecule has 3 aromatic rings. The van der Waals surface area contributed by atoms with Gasteiger partial charge in [-0.1, -0.05) is 54.6 Å². The number of halogens is 3. The lowest BCUT2D eigenvalue weighted by Gasteiger charge is -2.22. The minimum Gasteiger partial charge on any atom is -0.449 e. The number of rotatable bonds is 7. The molecule has 0 radical (unpaired) electrons. The highest BCUT2D eigenvalue weighted by molar-refractivity contribution is 5.79. The van der Waals surface area contributed by atoms with Crippen molar-refractivity contribution in [3.63, 3.8) is 0 Å². The van der Waals surface area contributed by atoms with E-state index in [0.29, 0.717) is 6.07 Å². The molecule has 5 N–H and O–H groups in total. The Kier molecular flexibility index (Phi) is 7.00. The molecule has 1 amide bonds. The van der Waals surface area contributed by atoms with Crippen LogP contribution in [0.25, 0.3) is 11.1 Å². The van der Waals surface area contributed by atoms with Crippen molar-refractivity contribution in [1.82, 2.24) is 5.32 Å². The third-order valence-electron chi connectivity index (χ3n) is 6.12. The predicted molar refractivity (Wildman–Crippen MR) is 125 cm³/mol. The molecule has 2 unspecified atom stereocenters. The second kappa shape index (κ2) is 9.97. The Balaban J connectivity index is 1.31. The number of nitrogen functional groups attached to an aromatic ring is 1. The van der Waals surface area contributed by atoms with E-state index in [2.05, 4.69) is 5.32 Å². The Bertz CT molecular complexity index is 1170. The van der Waals surface area contributed by atoms with Gasteiger partial charge in [0.2, 0.25) is 0 Å². The van der Waals surface area contributed by atoms with Gasteiger partial charge in [-0.15, -0.1) is 0 Å². The summed E-state index contributed by atoms with van der Waals surface area (Å²) in [5.41, 5.74) is 8.02. The van der Waals surface area contributed by atoms with Crippen LogP contribution in [-0.4, -0.2) is 35.6 Å². The van der Waals surface area contributed by atoms with Crippen LogP contribution >= 0.6 is 0 Å². The van der Waals surface area contributed by atoms with Gasteiger partial charge in [0.15, 0.2) is 0 Å². The topological polar surface area (TPSA) is 105 Å². The first-order valence-corrected chi connectivity index (χ1v) is 11.1. The summed E-state index contributed by atoms with van der Waals surface area (Å²) in [5, 5.41) is 23.0. The van der Waals surface area contributed by atoms with Gasteiger partial charge in [0.05, 0.1) is 11.7 Å². The lowest BCUT2D eigenvalue weighted by molar-refractivity contribution is -0.139. The molecular formula is C26H25F3N2O4. The largest absolute Gasteiger partial charge is 0.449 e. The summed E-state index contributed by atoms with van der Waals surface area (Å²) in [6.45, 7) is -0.00333. The Morgan fingerprint density at radius 1 is 1.00 bits per heavy atom. The monoisotopic (exact) mass is 486 g/mol. The van der Waals surface area contributed by atoms with E-state index in [9.17, 15) is 28.2 Å².